The van der Waals surface area contributed by atoms with Gasteiger partial charge in [-0.2, -0.15) is 0 Å². The Morgan fingerprint density at radius 1 is 1.30 bits per heavy atom. The number of rotatable bonds is 9. The molecule has 0 atom stereocenters. The second-order valence-corrected chi connectivity index (χ2v) is 7.44. The van der Waals surface area contributed by atoms with Crippen LogP contribution in [0.4, 0.5) is 0 Å². The summed E-state index contributed by atoms with van der Waals surface area (Å²) < 4.78 is 5.21. The van der Waals surface area contributed by atoms with E-state index in [9.17, 15) is 0 Å². The maximum atomic E-state index is 5.21. The lowest BCUT2D eigenvalue weighted by Gasteiger charge is -2.42. The van der Waals surface area contributed by atoms with Crippen molar-refractivity contribution >= 4 is 0 Å². The molecule has 0 spiro atoms. The topological polar surface area (TPSA) is 24.5 Å². The lowest BCUT2D eigenvalue weighted by atomic mass is 9.70. The van der Waals surface area contributed by atoms with Crippen LogP contribution >= 0.6 is 0 Å². The van der Waals surface area contributed by atoms with Crippen LogP contribution in [0.5, 0.6) is 0 Å². The summed E-state index contributed by atoms with van der Waals surface area (Å²) in [6.07, 6.45) is 5.52. The molecule has 3 heteroatoms. The van der Waals surface area contributed by atoms with Crippen LogP contribution in [0.25, 0.3) is 0 Å². The minimum atomic E-state index is 0.476. The molecule has 1 N–H and O–H groups in total. The number of likely N-dealkylation sites (N-methyl/N-ethyl adjacent to an activating group) is 1. The van der Waals surface area contributed by atoms with Crippen molar-refractivity contribution in [1.82, 2.24) is 10.2 Å². The number of nitrogens with one attached hydrogen (secondary N) is 1. The minimum Gasteiger partial charge on any atom is -0.383 e. The molecule has 0 unspecified atom stereocenters. The van der Waals surface area contributed by atoms with Crippen LogP contribution in [-0.2, 0) is 4.74 Å². The predicted octanol–water partition coefficient (Wildman–Crippen LogP) is 3.01. The van der Waals surface area contributed by atoms with Crippen LogP contribution in [0, 0.1) is 17.3 Å². The molecule has 20 heavy (non-hydrogen) atoms. The van der Waals surface area contributed by atoms with Gasteiger partial charge in [0.2, 0.25) is 0 Å². The van der Waals surface area contributed by atoms with Crippen molar-refractivity contribution in [2.45, 2.75) is 46.5 Å². The fraction of sp³-hybridized carbons (Fsp3) is 1.00. The Labute approximate surface area is 126 Å². The largest absolute Gasteiger partial charge is 0.383 e. The van der Waals surface area contributed by atoms with E-state index >= 15 is 0 Å². The molecule has 0 radical (unpaired) electrons. The van der Waals surface area contributed by atoms with E-state index in [0.29, 0.717) is 5.41 Å². The van der Waals surface area contributed by atoms with Gasteiger partial charge in [-0.3, -0.25) is 0 Å². The summed E-state index contributed by atoms with van der Waals surface area (Å²) in [6, 6.07) is 0. The number of methoxy groups -OCH3 is 1. The van der Waals surface area contributed by atoms with Gasteiger partial charge in [-0.25, -0.2) is 0 Å². The molecule has 0 aromatic heterocycles. The summed E-state index contributed by atoms with van der Waals surface area (Å²) in [5.74, 6) is 1.65. The van der Waals surface area contributed by atoms with E-state index < -0.39 is 0 Å². The van der Waals surface area contributed by atoms with Gasteiger partial charge >= 0.3 is 0 Å². The first-order valence-electron chi connectivity index (χ1n) is 8.35. The summed E-state index contributed by atoms with van der Waals surface area (Å²) >= 11 is 0. The van der Waals surface area contributed by atoms with E-state index in [0.717, 1.165) is 31.5 Å². The predicted molar refractivity (Wildman–Crippen MR) is 87.1 cm³/mol. The van der Waals surface area contributed by atoms with Crippen molar-refractivity contribution in [3.8, 4) is 0 Å². The highest BCUT2D eigenvalue weighted by molar-refractivity contribution is 4.89. The molecule has 1 aliphatic carbocycles. The summed E-state index contributed by atoms with van der Waals surface area (Å²) in [6.45, 7) is 12.4. The third-order valence-electron chi connectivity index (χ3n) is 4.67. The quantitative estimate of drug-likeness (QED) is 0.704. The van der Waals surface area contributed by atoms with Crippen molar-refractivity contribution in [2.24, 2.45) is 17.3 Å². The molecule has 1 aliphatic rings. The van der Waals surface area contributed by atoms with Gasteiger partial charge in [0.25, 0.3) is 0 Å². The first-order valence-corrected chi connectivity index (χ1v) is 8.35. The highest BCUT2D eigenvalue weighted by Gasteiger charge is 2.34. The number of nitrogens with zero attached hydrogens (tertiary/aromatic N) is 1. The zero-order valence-corrected chi connectivity index (χ0v) is 14.4. The van der Waals surface area contributed by atoms with Gasteiger partial charge in [0.15, 0.2) is 0 Å². The Morgan fingerprint density at radius 3 is 2.50 bits per heavy atom. The fourth-order valence-corrected chi connectivity index (χ4v) is 3.29. The van der Waals surface area contributed by atoms with Crippen molar-refractivity contribution in [3.05, 3.63) is 0 Å². The van der Waals surface area contributed by atoms with E-state index in [1.807, 2.05) is 0 Å². The molecule has 0 bridgehead atoms. The van der Waals surface area contributed by atoms with Crippen molar-refractivity contribution in [1.29, 1.82) is 0 Å². The SMILES string of the molecule is COCCN(C)CC1(CNCC(C)C)CCC(C)CC1. The van der Waals surface area contributed by atoms with Crippen LogP contribution in [0.15, 0.2) is 0 Å². The van der Waals surface area contributed by atoms with E-state index in [1.165, 1.54) is 38.8 Å². The van der Waals surface area contributed by atoms with E-state index in [1.54, 1.807) is 7.11 Å². The van der Waals surface area contributed by atoms with Crippen molar-refractivity contribution < 1.29 is 4.74 Å². The van der Waals surface area contributed by atoms with Gasteiger partial charge in [-0.15, -0.1) is 0 Å². The van der Waals surface area contributed by atoms with Gasteiger partial charge in [-0.1, -0.05) is 33.6 Å². The molecular weight excluding hydrogens is 248 g/mol. The average Bonchev–Trinajstić information content (AvgIpc) is 2.39. The molecule has 0 heterocycles. The van der Waals surface area contributed by atoms with Gasteiger partial charge in [0.05, 0.1) is 6.61 Å². The molecule has 0 aliphatic heterocycles. The summed E-state index contributed by atoms with van der Waals surface area (Å²) in [5, 5.41) is 3.71. The molecule has 120 valence electrons. The number of hydrogen-bond acceptors (Lipinski definition) is 3. The van der Waals surface area contributed by atoms with E-state index in [2.05, 4.69) is 38.0 Å². The van der Waals surface area contributed by atoms with Crippen LogP contribution in [-0.4, -0.2) is 51.8 Å². The maximum Gasteiger partial charge on any atom is 0.0589 e. The van der Waals surface area contributed by atoms with Gasteiger partial charge in [-0.05, 0) is 43.7 Å². The summed E-state index contributed by atoms with van der Waals surface area (Å²) in [7, 11) is 4.03. The fourth-order valence-electron chi connectivity index (χ4n) is 3.29. The Bertz CT molecular complexity index is 247. The van der Waals surface area contributed by atoms with Crippen molar-refractivity contribution in [3.63, 3.8) is 0 Å². The molecule has 0 aromatic rings. The standard InChI is InChI=1S/C17H36N2O/c1-15(2)12-18-13-17(8-6-16(3)7-9-17)14-19(4)10-11-20-5/h15-16,18H,6-14H2,1-5H3. The van der Waals surface area contributed by atoms with Gasteiger partial charge < -0.3 is 15.0 Å². The first kappa shape index (κ1) is 17.9. The second kappa shape index (κ2) is 9.01. The summed E-state index contributed by atoms with van der Waals surface area (Å²) in [5.41, 5.74) is 0.476. The zero-order chi connectivity index (χ0) is 15.0. The minimum absolute atomic E-state index is 0.476. The zero-order valence-electron chi connectivity index (χ0n) is 14.4. The van der Waals surface area contributed by atoms with Gasteiger partial charge in [0.1, 0.15) is 0 Å². The normalized spacial score (nSPS) is 27.4. The Kier molecular flexibility index (Phi) is 8.08. The lowest BCUT2D eigenvalue weighted by Crippen LogP contribution is -2.46. The number of hydrogen-bond donors (Lipinski definition) is 1. The summed E-state index contributed by atoms with van der Waals surface area (Å²) in [4.78, 5) is 2.45. The van der Waals surface area contributed by atoms with Gasteiger partial charge in [0, 0.05) is 26.7 Å². The molecule has 0 saturated heterocycles. The highest BCUT2D eigenvalue weighted by Crippen LogP contribution is 2.39. The van der Waals surface area contributed by atoms with Crippen LogP contribution in [0.1, 0.15) is 46.5 Å². The monoisotopic (exact) mass is 284 g/mol. The number of ether oxygens (including phenoxy) is 1. The molecule has 3 nitrogen and oxygen atoms in total. The molecule has 1 fully saturated rings. The Hall–Kier alpha value is -0.120. The maximum absolute atomic E-state index is 5.21. The molecule has 0 aromatic carbocycles. The van der Waals surface area contributed by atoms with Crippen LogP contribution in [0.2, 0.25) is 0 Å². The Balaban J connectivity index is 2.50. The smallest absolute Gasteiger partial charge is 0.0589 e. The second-order valence-electron chi connectivity index (χ2n) is 7.44. The molecule has 1 saturated carbocycles. The molecular formula is C17H36N2O. The highest BCUT2D eigenvalue weighted by atomic mass is 16.5. The van der Waals surface area contributed by atoms with Crippen molar-refractivity contribution in [2.75, 3.05) is 46.9 Å². The van der Waals surface area contributed by atoms with E-state index in [4.69, 9.17) is 4.74 Å². The van der Waals surface area contributed by atoms with E-state index in [-0.39, 0.29) is 0 Å². The molecule has 0 amide bonds. The average molecular weight is 284 g/mol. The lowest BCUT2D eigenvalue weighted by molar-refractivity contribution is 0.0812. The molecule has 1 rings (SSSR count). The van der Waals surface area contributed by atoms with Crippen LogP contribution in [0.3, 0.4) is 0 Å². The van der Waals surface area contributed by atoms with Crippen LogP contribution < -0.4 is 5.32 Å². The third kappa shape index (κ3) is 6.55. The Morgan fingerprint density at radius 2 is 1.95 bits per heavy atom. The first-order chi connectivity index (χ1) is 9.47. The third-order valence-corrected chi connectivity index (χ3v) is 4.67.